The van der Waals surface area contributed by atoms with E-state index < -0.39 is 0 Å². The van der Waals surface area contributed by atoms with Crippen LogP contribution in [0.2, 0.25) is 10.0 Å². The highest BCUT2D eigenvalue weighted by Gasteiger charge is 2.03. The van der Waals surface area contributed by atoms with Gasteiger partial charge < -0.3 is 10.6 Å². The number of hydrogen-bond donors (Lipinski definition) is 2. The predicted molar refractivity (Wildman–Crippen MR) is 66.9 cm³/mol. The highest BCUT2D eigenvalue weighted by atomic mass is 35.5. The number of nitrogens with one attached hydrogen (secondary N) is 2. The summed E-state index contributed by atoms with van der Waals surface area (Å²) in [5, 5.41) is 21.8. The van der Waals surface area contributed by atoms with Gasteiger partial charge in [0.05, 0.1) is 10.0 Å². The molecule has 17 heavy (non-hydrogen) atoms. The van der Waals surface area contributed by atoms with E-state index in [9.17, 15) is 0 Å². The van der Waals surface area contributed by atoms with Crippen LogP contribution in [0, 0.1) is 0 Å². The van der Waals surface area contributed by atoms with E-state index in [0.717, 1.165) is 0 Å². The third kappa shape index (κ3) is 2.92. The number of anilines is 3. The summed E-state index contributed by atoms with van der Waals surface area (Å²) in [6.07, 6.45) is 0. The molecule has 0 saturated carbocycles. The SMILES string of the molecule is CNc1nnc(Nc2ccc(Cl)c(Cl)c2)nn1. The number of halogens is 2. The molecule has 0 amide bonds. The van der Waals surface area contributed by atoms with Crippen molar-refractivity contribution in [2.24, 2.45) is 0 Å². The Morgan fingerprint density at radius 1 is 0.941 bits per heavy atom. The highest BCUT2D eigenvalue weighted by Crippen LogP contribution is 2.25. The summed E-state index contributed by atoms with van der Waals surface area (Å²) in [6.45, 7) is 0. The minimum absolute atomic E-state index is 0.280. The third-order valence-corrected chi connectivity index (χ3v) is 2.62. The Labute approximate surface area is 107 Å². The van der Waals surface area contributed by atoms with Crippen LogP contribution in [0.1, 0.15) is 0 Å². The van der Waals surface area contributed by atoms with Crippen LogP contribution in [0.4, 0.5) is 17.6 Å². The number of rotatable bonds is 3. The summed E-state index contributed by atoms with van der Waals surface area (Å²) in [5.41, 5.74) is 0.709. The molecule has 0 spiro atoms. The summed E-state index contributed by atoms with van der Waals surface area (Å²) in [4.78, 5) is 0. The first-order valence-electron chi connectivity index (χ1n) is 4.66. The molecule has 1 aromatic carbocycles. The summed E-state index contributed by atoms with van der Waals surface area (Å²) in [7, 11) is 1.69. The van der Waals surface area contributed by atoms with Crippen molar-refractivity contribution in [2.75, 3.05) is 17.7 Å². The van der Waals surface area contributed by atoms with Crippen molar-refractivity contribution in [2.45, 2.75) is 0 Å². The van der Waals surface area contributed by atoms with Gasteiger partial charge in [0.15, 0.2) is 0 Å². The van der Waals surface area contributed by atoms with Gasteiger partial charge >= 0.3 is 0 Å². The van der Waals surface area contributed by atoms with Gasteiger partial charge in [0.25, 0.3) is 11.9 Å². The molecule has 2 aromatic rings. The second kappa shape index (κ2) is 5.11. The number of aromatic nitrogens is 4. The maximum atomic E-state index is 5.87. The molecule has 2 rings (SSSR count). The first-order chi connectivity index (χ1) is 8.19. The zero-order valence-electron chi connectivity index (χ0n) is 8.78. The number of hydrogen-bond acceptors (Lipinski definition) is 6. The van der Waals surface area contributed by atoms with Crippen molar-refractivity contribution in [1.82, 2.24) is 20.4 Å². The van der Waals surface area contributed by atoms with Crippen LogP contribution in [0.3, 0.4) is 0 Å². The quantitative estimate of drug-likeness (QED) is 0.892. The third-order valence-electron chi connectivity index (χ3n) is 1.88. The zero-order chi connectivity index (χ0) is 12.3. The molecule has 0 aliphatic rings. The van der Waals surface area contributed by atoms with E-state index in [0.29, 0.717) is 21.7 Å². The van der Waals surface area contributed by atoms with Crippen LogP contribution in [0.25, 0.3) is 0 Å². The summed E-state index contributed by atoms with van der Waals surface area (Å²) >= 11 is 11.7. The molecule has 0 fully saturated rings. The first-order valence-corrected chi connectivity index (χ1v) is 5.42. The van der Waals surface area contributed by atoms with E-state index in [1.165, 1.54) is 0 Å². The van der Waals surface area contributed by atoms with Gasteiger partial charge in [-0.1, -0.05) is 23.2 Å². The van der Waals surface area contributed by atoms with Crippen LogP contribution >= 0.6 is 23.2 Å². The van der Waals surface area contributed by atoms with E-state index >= 15 is 0 Å². The Kier molecular flexibility index (Phi) is 3.55. The number of benzene rings is 1. The van der Waals surface area contributed by atoms with Crippen LogP contribution < -0.4 is 10.6 Å². The van der Waals surface area contributed by atoms with Crippen molar-refractivity contribution in [3.05, 3.63) is 28.2 Å². The van der Waals surface area contributed by atoms with Gasteiger partial charge in [-0.2, -0.15) is 0 Å². The van der Waals surface area contributed by atoms with Crippen LogP contribution in [0.5, 0.6) is 0 Å². The highest BCUT2D eigenvalue weighted by molar-refractivity contribution is 6.42. The molecule has 0 bridgehead atoms. The fourth-order valence-electron chi connectivity index (χ4n) is 1.08. The molecular formula is C9H8Cl2N6. The molecular weight excluding hydrogens is 263 g/mol. The molecule has 88 valence electrons. The second-order valence-corrected chi connectivity index (χ2v) is 3.87. The Morgan fingerprint density at radius 2 is 1.59 bits per heavy atom. The summed E-state index contributed by atoms with van der Waals surface area (Å²) in [5.74, 6) is 0.632. The largest absolute Gasteiger partial charge is 0.355 e. The molecule has 0 radical (unpaired) electrons. The van der Waals surface area contributed by atoms with E-state index in [1.807, 2.05) is 0 Å². The first kappa shape index (κ1) is 11.8. The standard InChI is InChI=1S/C9H8Cl2N6/c1-12-8-14-16-9(17-15-8)13-5-2-3-6(10)7(11)4-5/h2-4H,1H3,(H,12,14,15)(H,13,16,17). The Balaban J connectivity index is 2.16. The van der Waals surface area contributed by atoms with Crippen LogP contribution in [-0.2, 0) is 0 Å². The Hall–Kier alpha value is -1.66. The molecule has 2 N–H and O–H groups in total. The van der Waals surface area contributed by atoms with Crippen molar-refractivity contribution < 1.29 is 0 Å². The smallest absolute Gasteiger partial charge is 0.266 e. The molecule has 0 saturated heterocycles. The van der Waals surface area contributed by atoms with Gasteiger partial charge in [-0.3, -0.25) is 0 Å². The Morgan fingerprint density at radius 3 is 2.18 bits per heavy atom. The van der Waals surface area contributed by atoms with Crippen molar-refractivity contribution >= 4 is 40.8 Å². The summed E-state index contributed by atoms with van der Waals surface area (Å²) in [6, 6.07) is 5.10. The normalized spacial score (nSPS) is 10.1. The zero-order valence-corrected chi connectivity index (χ0v) is 10.3. The van der Waals surface area contributed by atoms with Gasteiger partial charge in [-0.25, -0.2) is 0 Å². The summed E-state index contributed by atoms with van der Waals surface area (Å²) < 4.78 is 0. The number of nitrogens with zero attached hydrogens (tertiary/aromatic N) is 4. The molecule has 6 nitrogen and oxygen atoms in total. The van der Waals surface area contributed by atoms with Gasteiger partial charge in [-0.15, -0.1) is 20.4 Å². The van der Waals surface area contributed by atoms with Crippen molar-refractivity contribution in [1.29, 1.82) is 0 Å². The maximum absolute atomic E-state index is 5.87. The molecule has 0 aliphatic carbocycles. The van der Waals surface area contributed by atoms with Crippen molar-refractivity contribution in [3.63, 3.8) is 0 Å². The molecule has 0 atom stereocenters. The Bertz CT molecular complexity index is 515. The minimum atomic E-state index is 0.280. The van der Waals surface area contributed by atoms with Gasteiger partial charge in [0.2, 0.25) is 0 Å². The minimum Gasteiger partial charge on any atom is -0.355 e. The van der Waals surface area contributed by atoms with Gasteiger partial charge in [0, 0.05) is 12.7 Å². The second-order valence-electron chi connectivity index (χ2n) is 3.05. The fraction of sp³-hybridized carbons (Fsp3) is 0.111. The fourth-order valence-corrected chi connectivity index (χ4v) is 1.38. The van der Waals surface area contributed by atoms with Gasteiger partial charge in [-0.05, 0) is 18.2 Å². The average molecular weight is 271 g/mol. The van der Waals surface area contributed by atoms with E-state index in [2.05, 4.69) is 31.0 Å². The lowest BCUT2D eigenvalue weighted by Crippen LogP contribution is -2.04. The molecule has 8 heteroatoms. The monoisotopic (exact) mass is 270 g/mol. The lowest BCUT2D eigenvalue weighted by atomic mass is 10.3. The van der Waals surface area contributed by atoms with E-state index in [1.54, 1.807) is 25.2 Å². The van der Waals surface area contributed by atoms with Gasteiger partial charge in [0.1, 0.15) is 0 Å². The molecule has 0 aliphatic heterocycles. The van der Waals surface area contributed by atoms with E-state index in [-0.39, 0.29) is 5.95 Å². The van der Waals surface area contributed by atoms with Crippen molar-refractivity contribution in [3.8, 4) is 0 Å². The topological polar surface area (TPSA) is 75.6 Å². The lowest BCUT2D eigenvalue weighted by Gasteiger charge is -2.04. The molecule has 1 heterocycles. The molecule has 1 aromatic heterocycles. The van der Waals surface area contributed by atoms with E-state index in [4.69, 9.17) is 23.2 Å². The lowest BCUT2D eigenvalue weighted by molar-refractivity contribution is 0.873. The van der Waals surface area contributed by atoms with Crippen LogP contribution in [-0.4, -0.2) is 27.4 Å². The molecule has 0 unspecified atom stereocenters. The van der Waals surface area contributed by atoms with Crippen LogP contribution in [0.15, 0.2) is 18.2 Å². The average Bonchev–Trinajstić information content (AvgIpc) is 2.35. The maximum Gasteiger partial charge on any atom is 0.266 e. The predicted octanol–water partition coefficient (Wildman–Crippen LogP) is 2.36.